The van der Waals surface area contributed by atoms with Crippen LogP contribution < -0.4 is 16.4 Å². The standard InChI is InChI=1S/C8H12BrN5O2/c1-4(7(15)12-8(16)11-2)14-3-5(9)6(10)13-14/h3-4H,1-2H3,(H2,10,13)(H2,11,12,15,16). The van der Waals surface area contributed by atoms with Crippen molar-refractivity contribution in [2.75, 3.05) is 12.8 Å². The van der Waals surface area contributed by atoms with Crippen LogP contribution in [0.4, 0.5) is 10.6 Å². The Kier molecular flexibility index (Phi) is 3.88. The largest absolute Gasteiger partial charge is 0.381 e. The minimum absolute atomic E-state index is 0.291. The van der Waals surface area contributed by atoms with Crippen LogP contribution in [0.25, 0.3) is 0 Å². The van der Waals surface area contributed by atoms with Crippen LogP contribution in [0.1, 0.15) is 13.0 Å². The van der Waals surface area contributed by atoms with Gasteiger partial charge in [-0.15, -0.1) is 0 Å². The summed E-state index contributed by atoms with van der Waals surface area (Å²) in [5.74, 6) is -0.172. The Hall–Kier alpha value is -1.57. The minimum Gasteiger partial charge on any atom is -0.381 e. The lowest BCUT2D eigenvalue weighted by Crippen LogP contribution is -2.40. The van der Waals surface area contributed by atoms with Gasteiger partial charge in [0.1, 0.15) is 6.04 Å². The summed E-state index contributed by atoms with van der Waals surface area (Å²) < 4.78 is 1.98. The molecule has 0 aliphatic carbocycles. The molecular weight excluding hydrogens is 278 g/mol. The van der Waals surface area contributed by atoms with Crippen LogP contribution in [0, 0.1) is 0 Å². The Morgan fingerprint density at radius 1 is 1.62 bits per heavy atom. The van der Waals surface area contributed by atoms with Crippen molar-refractivity contribution in [1.82, 2.24) is 20.4 Å². The number of imide groups is 1. The highest BCUT2D eigenvalue weighted by Gasteiger charge is 2.18. The number of amides is 3. The molecule has 0 radical (unpaired) electrons. The maximum absolute atomic E-state index is 11.5. The van der Waals surface area contributed by atoms with Crippen LogP contribution in [0.15, 0.2) is 10.7 Å². The highest BCUT2D eigenvalue weighted by Crippen LogP contribution is 2.19. The molecule has 0 spiro atoms. The molecule has 1 aromatic rings. The van der Waals surface area contributed by atoms with E-state index in [4.69, 9.17) is 5.73 Å². The van der Waals surface area contributed by atoms with Crippen LogP contribution >= 0.6 is 15.9 Å². The maximum Gasteiger partial charge on any atom is 0.321 e. The zero-order valence-electron chi connectivity index (χ0n) is 8.82. The molecule has 1 unspecified atom stereocenters. The first-order chi connectivity index (χ1) is 7.45. The maximum atomic E-state index is 11.5. The normalized spacial score (nSPS) is 11.9. The third-order valence-electron chi connectivity index (χ3n) is 1.95. The molecule has 0 fully saturated rings. The molecule has 0 saturated carbocycles. The van der Waals surface area contributed by atoms with E-state index < -0.39 is 18.0 Å². The molecule has 1 heterocycles. The Labute approximate surface area is 100 Å². The number of hydrogen-bond donors (Lipinski definition) is 3. The number of urea groups is 1. The van der Waals surface area contributed by atoms with E-state index >= 15 is 0 Å². The zero-order valence-corrected chi connectivity index (χ0v) is 10.4. The van der Waals surface area contributed by atoms with Crippen LogP contribution in [0.5, 0.6) is 0 Å². The zero-order chi connectivity index (χ0) is 12.3. The van der Waals surface area contributed by atoms with Crippen molar-refractivity contribution in [3.8, 4) is 0 Å². The fourth-order valence-electron chi connectivity index (χ4n) is 0.981. The van der Waals surface area contributed by atoms with E-state index in [0.717, 1.165) is 0 Å². The SMILES string of the molecule is CNC(=O)NC(=O)C(C)n1cc(Br)c(N)n1. The fourth-order valence-corrected chi connectivity index (χ4v) is 1.27. The van der Waals surface area contributed by atoms with E-state index in [1.165, 1.54) is 11.7 Å². The number of carbonyl (C=O) groups excluding carboxylic acids is 2. The molecule has 1 aromatic heterocycles. The molecule has 3 amide bonds. The van der Waals surface area contributed by atoms with Crippen LogP contribution in [0.3, 0.4) is 0 Å². The van der Waals surface area contributed by atoms with Crippen molar-refractivity contribution in [2.24, 2.45) is 0 Å². The van der Waals surface area contributed by atoms with E-state index in [1.807, 2.05) is 0 Å². The molecule has 0 aliphatic rings. The van der Waals surface area contributed by atoms with Gasteiger partial charge < -0.3 is 11.1 Å². The van der Waals surface area contributed by atoms with Crippen molar-refractivity contribution in [2.45, 2.75) is 13.0 Å². The highest BCUT2D eigenvalue weighted by molar-refractivity contribution is 9.10. The fraction of sp³-hybridized carbons (Fsp3) is 0.375. The Morgan fingerprint density at radius 3 is 2.69 bits per heavy atom. The van der Waals surface area contributed by atoms with Gasteiger partial charge in [0.25, 0.3) is 5.91 Å². The highest BCUT2D eigenvalue weighted by atomic mass is 79.9. The number of carbonyl (C=O) groups is 2. The molecule has 0 aromatic carbocycles. The van der Waals surface area contributed by atoms with Gasteiger partial charge in [-0.1, -0.05) is 0 Å². The molecule has 0 bridgehead atoms. The molecule has 1 atom stereocenters. The van der Waals surface area contributed by atoms with Crippen molar-refractivity contribution < 1.29 is 9.59 Å². The Bertz CT molecular complexity index is 397. The minimum atomic E-state index is -0.620. The van der Waals surface area contributed by atoms with E-state index in [-0.39, 0.29) is 0 Å². The van der Waals surface area contributed by atoms with Gasteiger partial charge in [-0.3, -0.25) is 14.8 Å². The Morgan fingerprint density at radius 2 is 2.25 bits per heavy atom. The molecule has 0 aliphatic heterocycles. The lowest BCUT2D eigenvalue weighted by atomic mass is 10.3. The number of halogens is 1. The molecule has 4 N–H and O–H groups in total. The van der Waals surface area contributed by atoms with Crippen molar-refractivity contribution in [3.05, 3.63) is 10.7 Å². The summed E-state index contributed by atoms with van der Waals surface area (Å²) in [5.41, 5.74) is 5.52. The third kappa shape index (κ3) is 2.72. The number of nitrogens with one attached hydrogen (secondary N) is 2. The third-order valence-corrected chi connectivity index (χ3v) is 2.56. The molecule has 0 saturated heterocycles. The van der Waals surface area contributed by atoms with E-state index in [0.29, 0.717) is 10.3 Å². The molecule has 7 nitrogen and oxygen atoms in total. The number of rotatable bonds is 2. The first-order valence-corrected chi connectivity index (χ1v) is 5.27. The number of aromatic nitrogens is 2. The first-order valence-electron chi connectivity index (χ1n) is 4.48. The van der Waals surface area contributed by atoms with Gasteiger partial charge in [0.05, 0.1) is 4.47 Å². The lowest BCUT2D eigenvalue weighted by molar-refractivity contribution is -0.123. The summed E-state index contributed by atoms with van der Waals surface area (Å²) >= 11 is 3.18. The smallest absolute Gasteiger partial charge is 0.321 e. The van der Waals surface area contributed by atoms with Crippen molar-refractivity contribution in [3.63, 3.8) is 0 Å². The molecule has 8 heteroatoms. The topological polar surface area (TPSA) is 102 Å². The van der Waals surface area contributed by atoms with Crippen molar-refractivity contribution in [1.29, 1.82) is 0 Å². The summed E-state index contributed by atoms with van der Waals surface area (Å²) in [4.78, 5) is 22.5. The second-order valence-electron chi connectivity index (χ2n) is 3.09. The van der Waals surface area contributed by atoms with Gasteiger partial charge in [-0.05, 0) is 22.9 Å². The van der Waals surface area contributed by atoms with Gasteiger partial charge in [0.15, 0.2) is 5.82 Å². The van der Waals surface area contributed by atoms with Crippen LogP contribution in [0.2, 0.25) is 0 Å². The number of nitrogens with zero attached hydrogens (tertiary/aromatic N) is 2. The van der Waals surface area contributed by atoms with Crippen LogP contribution in [-0.2, 0) is 4.79 Å². The first kappa shape index (κ1) is 12.5. The second-order valence-corrected chi connectivity index (χ2v) is 3.94. The van der Waals surface area contributed by atoms with E-state index in [9.17, 15) is 9.59 Å². The number of hydrogen-bond acceptors (Lipinski definition) is 4. The summed E-state index contributed by atoms with van der Waals surface area (Å²) in [6, 6.07) is -1.18. The average Bonchev–Trinajstić information content (AvgIpc) is 2.57. The molecule has 88 valence electrons. The van der Waals surface area contributed by atoms with Gasteiger partial charge in [0, 0.05) is 13.2 Å². The molecule has 1 rings (SSSR count). The van der Waals surface area contributed by atoms with Crippen molar-refractivity contribution >= 4 is 33.7 Å². The van der Waals surface area contributed by atoms with E-state index in [1.54, 1.807) is 13.1 Å². The van der Waals surface area contributed by atoms with Gasteiger partial charge in [-0.2, -0.15) is 5.10 Å². The van der Waals surface area contributed by atoms with Gasteiger partial charge in [-0.25, -0.2) is 4.79 Å². The molecule has 16 heavy (non-hydrogen) atoms. The number of nitrogen functional groups attached to an aromatic ring is 1. The summed E-state index contributed by atoms with van der Waals surface area (Å²) in [6.45, 7) is 1.61. The number of nitrogens with two attached hydrogens (primary N) is 1. The van der Waals surface area contributed by atoms with E-state index in [2.05, 4.69) is 31.7 Å². The number of anilines is 1. The predicted octanol–water partition coefficient (Wildman–Crippen LogP) is 0.244. The quantitative estimate of drug-likeness (QED) is 0.726. The van der Waals surface area contributed by atoms with Gasteiger partial charge in [0.2, 0.25) is 0 Å². The summed E-state index contributed by atoms with van der Waals surface area (Å²) in [7, 11) is 1.43. The second kappa shape index (κ2) is 4.97. The lowest BCUT2D eigenvalue weighted by Gasteiger charge is -2.11. The monoisotopic (exact) mass is 289 g/mol. The Balaban J connectivity index is 2.74. The van der Waals surface area contributed by atoms with Gasteiger partial charge >= 0.3 is 6.03 Å². The predicted molar refractivity (Wildman–Crippen MR) is 61.6 cm³/mol. The summed E-state index contributed by atoms with van der Waals surface area (Å²) in [5, 5.41) is 8.35. The average molecular weight is 290 g/mol. The summed E-state index contributed by atoms with van der Waals surface area (Å²) in [6.07, 6.45) is 1.57. The molecular formula is C8H12BrN5O2. The van der Waals surface area contributed by atoms with Crippen LogP contribution in [-0.4, -0.2) is 28.8 Å².